The van der Waals surface area contributed by atoms with E-state index in [1.54, 1.807) is 12.4 Å². The van der Waals surface area contributed by atoms with Gasteiger partial charge in [-0.25, -0.2) is 9.97 Å². The number of rotatable bonds is 4. The second-order valence-corrected chi connectivity index (χ2v) is 8.43. The third-order valence-electron chi connectivity index (χ3n) is 4.98. The molecular weight excluding hydrogens is 362 g/mol. The van der Waals surface area contributed by atoms with Crippen LogP contribution < -0.4 is 10.1 Å². The van der Waals surface area contributed by atoms with Crippen LogP contribution in [0.4, 0.5) is 0 Å². The Kier molecular flexibility index (Phi) is 5.96. The van der Waals surface area contributed by atoms with Crippen molar-refractivity contribution in [1.82, 2.24) is 15.3 Å². The second-order valence-electron chi connectivity index (χ2n) is 8.43. The van der Waals surface area contributed by atoms with Crippen molar-refractivity contribution in [3.8, 4) is 6.01 Å². The van der Waals surface area contributed by atoms with Crippen LogP contribution in [0.25, 0.3) is 0 Å². The highest BCUT2D eigenvalue weighted by Gasteiger charge is 2.31. The molecule has 8 nitrogen and oxygen atoms in total. The van der Waals surface area contributed by atoms with Gasteiger partial charge >= 0.3 is 12.0 Å². The van der Waals surface area contributed by atoms with E-state index < -0.39 is 11.5 Å². The van der Waals surface area contributed by atoms with Crippen molar-refractivity contribution in [3.63, 3.8) is 0 Å². The number of amides is 2. The zero-order chi connectivity index (χ0) is 20.3. The van der Waals surface area contributed by atoms with Crippen molar-refractivity contribution in [2.75, 3.05) is 0 Å². The molecule has 28 heavy (non-hydrogen) atoms. The van der Waals surface area contributed by atoms with Crippen LogP contribution in [0, 0.1) is 5.92 Å². The summed E-state index contributed by atoms with van der Waals surface area (Å²) in [5, 5.41) is 2.33. The highest BCUT2D eigenvalue weighted by atomic mass is 16.6. The third kappa shape index (κ3) is 5.27. The van der Waals surface area contributed by atoms with Gasteiger partial charge in [0.05, 0.1) is 11.8 Å². The summed E-state index contributed by atoms with van der Waals surface area (Å²) in [5.74, 6) is -1.19. The van der Waals surface area contributed by atoms with E-state index in [2.05, 4.69) is 15.3 Å². The molecule has 3 rings (SSSR count). The fourth-order valence-corrected chi connectivity index (χ4v) is 3.53. The molecule has 1 N–H and O–H groups in total. The minimum atomic E-state index is -0.470. The number of carbonyl (C=O) groups excluding carboxylic acids is 3. The maximum atomic E-state index is 12.2. The lowest BCUT2D eigenvalue weighted by Gasteiger charge is -2.29. The van der Waals surface area contributed by atoms with Crippen LogP contribution in [0.2, 0.25) is 0 Å². The Hall–Kier alpha value is -2.51. The van der Waals surface area contributed by atoms with Gasteiger partial charge in [-0.05, 0) is 52.9 Å². The highest BCUT2D eigenvalue weighted by molar-refractivity contribution is 6.00. The van der Waals surface area contributed by atoms with E-state index in [0.29, 0.717) is 31.2 Å². The molecule has 0 aromatic carbocycles. The van der Waals surface area contributed by atoms with Crippen molar-refractivity contribution in [2.45, 2.75) is 76.9 Å². The van der Waals surface area contributed by atoms with Crippen LogP contribution in [0.3, 0.4) is 0 Å². The quantitative estimate of drug-likeness (QED) is 0.622. The van der Waals surface area contributed by atoms with Gasteiger partial charge in [0, 0.05) is 24.4 Å². The summed E-state index contributed by atoms with van der Waals surface area (Å²) in [6, 6.07) is 0.261. The molecule has 1 aliphatic heterocycles. The number of esters is 1. The highest BCUT2D eigenvalue weighted by Crippen LogP contribution is 2.29. The molecule has 2 heterocycles. The van der Waals surface area contributed by atoms with Gasteiger partial charge in [0.2, 0.25) is 11.8 Å². The summed E-state index contributed by atoms with van der Waals surface area (Å²) in [7, 11) is 0. The average Bonchev–Trinajstić information content (AvgIpc) is 2.62. The molecule has 1 aromatic heterocycles. The number of ether oxygens (including phenoxy) is 2. The summed E-state index contributed by atoms with van der Waals surface area (Å²) in [5.41, 5.74) is 0.203. The second kappa shape index (κ2) is 8.24. The monoisotopic (exact) mass is 389 g/mol. The Morgan fingerprint density at radius 1 is 1.07 bits per heavy atom. The zero-order valence-electron chi connectivity index (χ0n) is 16.6. The SMILES string of the molecule is CC(C)(C)OC(=O)C1CCC(Oc2ncc(C3CCC(=O)NC3=O)cn2)CC1. The van der Waals surface area contributed by atoms with Crippen molar-refractivity contribution < 1.29 is 23.9 Å². The lowest BCUT2D eigenvalue weighted by atomic mass is 9.87. The zero-order valence-corrected chi connectivity index (χ0v) is 16.6. The average molecular weight is 389 g/mol. The van der Waals surface area contributed by atoms with Crippen LogP contribution in [0.15, 0.2) is 12.4 Å². The molecule has 0 bridgehead atoms. The van der Waals surface area contributed by atoms with E-state index in [0.717, 1.165) is 12.8 Å². The van der Waals surface area contributed by atoms with Crippen LogP contribution in [-0.4, -0.2) is 39.5 Å². The molecule has 1 aromatic rings. The Labute approximate surface area is 164 Å². The van der Waals surface area contributed by atoms with E-state index >= 15 is 0 Å². The summed E-state index contributed by atoms with van der Waals surface area (Å²) >= 11 is 0. The van der Waals surface area contributed by atoms with Crippen LogP contribution in [-0.2, 0) is 19.1 Å². The lowest BCUT2D eigenvalue weighted by molar-refractivity contribution is -0.161. The normalized spacial score (nSPS) is 25.8. The number of imide groups is 1. The minimum absolute atomic E-state index is 0.0415. The molecule has 0 spiro atoms. The van der Waals surface area contributed by atoms with Gasteiger partial charge in [-0.2, -0.15) is 0 Å². The maximum Gasteiger partial charge on any atom is 0.316 e. The van der Waals surface area contributed by atoms with Crippen molar-refractivity contribution in [1.29, 1.82) is 0 Å². The van der Waals surface area contributed by atoms with Crippen LogP contribution in [0.5, 0.6) is 6.01 Å². The maximum absolute atomic E-state index is 12.2. The van der Waals surface area contributed by atoms with Gasteiger partial charge in [0.1, 0.15) is 11.7 Å². The first-order valence-corrected chi connectivity index (χ1v) is 9.76. The summed E-state index contributed by atoms with van der Waals surface area (Å²) < 4.78 is 11.3. The molecule has 1 saturated heterocycles. The molecule has 2 aliphatic rings. The third-order valence-corrected chi connectivity index (χ3v) is 4.98. The van der Waals surface area contributed by atoms with Gasteiger partial charge in [-0.15, -0.1) is 0 Å². The first-order chi connectivity index (χ1) is 13.2. The lowest BCUT2D eigenvalue weighted by Crippen LogP contribution is -2.39. The van der Waals surface area contributed by atoms with Crippen LogP contribution >= 0.6 is 0 Å². The Bertz CT molecular complexity index is 733. The standard InChI is InChI=1S/C20H27N3O5/c1-20(2,3)28-18(26)12-4-6-14(7-5-12)27-19-21-10-13(11-22-19)15-8-9-16(24)23-17(15)25/h10-12,14-15H,4-9H2,1-3H3,(H,23,24,25). The van der Waals surface area contributed by atoms with E-state index in [1.165, 1.54) is 0 Å². The number of nitrogens with one attached hydrogen (secondary N) is 1. The van der Waals surface area contributed by atoms with Gasteiger partial charge in [0.25, 0.3) is 0 Å². The van der Waals surface area contributed by atoms with E-state index in [-0.39, 0.29) is 35.8 Å². The molecule has 1 saturated carbocycles. The molecule has 2 amide bonds. The largest absolute Gasteiger partial charge is 0.460 e. The Morgan fingerprint density at radius 2 is 1.71 bits per heavy atom. The molecule has 1 unspecified atom stereocenters. The number of hydrogen-bond acceptors (Lipinski definition) is 7. The van der Waals surface area contributed by atoms with Gasteiger partial charge in [-0.3, -0.25) is 19.7 Å². The van der Waals surface area contributed by atoms with Gasteiger partial charge < -0.3 is 9.47 Å². The Morgan fingerprint density at radius 3 is 2.29 bits per heavy atom. The predicted molar refractivity (Wildman–Crippen MR) is 99.4 cm³/mol. The molecule has 2 fully saturated rings. The molecule has 0 radical (unpaired) electrons. The van der Waals surface area contributed by atoms with Crippen LogP contribution in [0.1, 0.15) is 70.8 Å². The van der Waals surface area contributed by atoms with Crippen molar-refractivity contribution in [3.05, 3.63) is 18.0 Å². The van der Waals surface area contributed by atoms with Gasteiger partial charge in [0.15, 0.2) is 0 Å². The fraction of sp³-hybridized carbons (Fsp3) is 0.650. The van der Waals surface area contributed by atoms with E-state index in [1.807, 2.05) is 20.8 Å². The number of piperidine rings is 1. The molecule has 8 heteroatoms. The molecule has 1 aliphatic carbocycles. The summed E-state index contributed by atoms with van der Waals surface area (Å²) in [6.45, 7) is 5.61. The van der Waals surface area contributed by atoms with E-state index in [9.17, 15) is 14.4 Å². The fourth-order valence-electron chi connectivity index (χ4n) is 3.53. The number of nitrogens with zero attached hydrogens (tertiary/aromatic N) is 2. The molecular formula is C20H27N3O5. The van der Waals surface area contributed by atoms with Crippen molar-refractivity contribution in [2.24, 2.45) is 5.92 Å². The predicted octanol–water partition coefficient (Wildman–Crippen LogP) is 2.28. The first kappa shape index (κ1) is 20.2. The number of hydrogen-bond donors (Lipinski definition) is 1. The topological polar surface area (TPSA) is 107 Å². The minimum Gasteiger partial charge on any atom is -0.460 e. The first-order valence-electron chi connectivity index (χ1n) is 9.76. The Balaban J connectivity index is 1.50. The number of aromatic nitrogens is 2. The summed E-state index contributed by atoms with van der Waals surface area (Å²) in [4.78, 5) is 43.8. The van der Waals surface area contributed by atoms with E-state index in [4.69, 9.17) is 9.47 Å². The number of carbonyl (C=O) groups is 3. The van der Waals surface area contributed by atoms with Gasteiger partial charge in [-0.1, -0.05) is 0 Å². The van der Waals surface area contributed by atoms with Crippen molar-refractivity contribution >= 4 is 17.8 Å². The molecule has 152 valence electrons. The molecule has 1 atom stereocenters. The smallest absolute Gasteiger partial charge is 0.316 e. The summed E-state index contributed by atoms with van der Waals surface area (Å²) in [6.07, 6.45) is 6.80.